The first-order valence-corrected chi connectivity index (χ1v) is 9.72. The Balaban J connectivity index is 3.08. The van der Waals surface area contributed by atoms with Gasteiger partial charge in [-0.3, -0.25) is 13.8 Å². The molecule has 0 saturated heterocycles. The van der Waals surface area contributed by atoms with E-state index in [1.165, 1.54) is 24.3 Å². The number of hydrogen-bond donors (Lipinski definition) is 0. The molecule has 9 nitrogen and oxygen atoms in total. The van der Waals surface area contributed by atoms with Crippen LogP contribution in [0, 0.1) is 6.92 Å². The van der Waals surface area contributed by atoms with Crippen molar-refractivity contribution in [2.24, 2.45) is 0 Å². The van der Waals surface area contributed by atoms with E-state index in [1.54, 1.807) is 6.92 Å². The van der Waals surface area contributed by atoms with Crippen LogP contribution in [0.4, 0.5) is 13.2 Å². The summed E-state index contributed by atoms with van der Waals surface area (Å²) in [6.07, 6.45) is -6.34. The van der Waals surface area contributed by atoms with Crippen LogP contribution in [0.25, 0.3) is 0 Å². The number of amides is 1. The number of nitrogens with zero attached hydrogens (tertiary/aromatic N) is 1. The van der Waals surface area contributed by atoms with E-state index in [0.29, 0.717) is 0 Å². The second kappa shape index (κ2) is 10.4. The van der Waals surface area contributed by atoms with Crippen LogP contribution in [0.1, 0.15) is 12.0 Å². The molecular formula is C17H20F3NO8S. The molecule has 0 N–H and O–H groups in total. The minimum atomic E-state index is -5.40. The normalized spacial score (nSPS) is 12.7. The molecule has 0 aliphatic carbocycles. The van der Waals surface area contributed by atoms with Gasteiger partial charge in [0.1, 0.15) is 6.04 Å². The summed E-state index contributed by atoms with van der Waals surface area (Å²) in [6, 6.07) is 3.44. The Kier molecular flexibility index (Phi) is 8.78. The minimum absolute atomic E-state index is 0.0343. The fraction of sp³-hybridized carbons (Fsp3) is 0.471. The molecule has 168 valence electrons. The van der Waals surface area contributed by atoms with Gasteiger partial charge in [-0.1, -0.05) is 17.7 Å². The molecule has 0 unspecified atom stereocenters. The van der Waals surface area contributed by atoms with Gasteiger partial charge in [-0.2, -0.15) is 21.6 Å². The van der Waals surface area contributed by atoms with E-state index in [1.807, 2.05) is 0 Å². The quantitative estimate of drug-likeness (QED) is 0.403. The Hall–Kier alpha value is -2.67. The number of hydrogen-bond acceptors (Lipinski definition) is 8. The van der Waals surface area contributed by atoms with Crippen LogP contribution in [-0.2, 0) is 38.2 Å². The topological polar surface area (TPSA) is 116 Å². The molecule has 0 fully saturated rings. The number of aryl methyl sites for hydroxylation is 1. The van der Waals surface area contributed by atoms with Crippen molar-refractivity contribution in [3.8, 4) is 0 Å². The summed E-state index contributed by atoms with van der Waals surface area (Å²) >= 11 is 0. The maximum Gasteiger partial charge on any atom is 0.471 e. The van der Waals surface area contributed by atoms with Gasteiger partial charge in [-0.05, 0) is 19.1 Å². The van der Waals surface area contributed by atoms with Gasteiger partial charge in [0.05, 0.1) is 32.1 Å². The van der Waals surface area contributed by atoms with Crippen LogP contribution in [0.3, 0.4) is 0 Å². The second-order valence-electron chi connectivity index (χ2n) is 5.90. The van der Waals surface area contributed by atoms with E-state index >= 15 is 0 Å². The van der Waals surface area contributed by atoms with Gasteiger partial charge in [-0.15, -0.1) is 0 Å². The third kappa shape index (κ3) is 6.99. The molecule has 0 aliphatic heterocycles. The highest BCUT2D eigenvalue weighted by Gasteiger charge is 2.47. The van der Waals surface area contributed by atoms with Crippen LogP contribution in [0.2, 0.25) is 0 Å². The summed E-state index contributed by atoms with van der Waals surface area (Å²) in [4.78, 5) is 34.9. The molecule has 0 saturated carbocycles. The SMILES string of the molecule is COC(=O)C[C@@H](C(=O)OC)N(CCOS(=O)(=O)c1ccc(C)cc1)C(=O)C(F)(F)F. The lowest BCUT2D eigenvalue weighted by molar-refractivity contribution is -0.191. The van der Waals surface area contributed by atoms with Crippen LogP contribution >= 0.6 is 0 Å². The molecule has 0 heterocycles. The van der Waals surface area contributed by atoms with Crippen LogP contribution in [-0.4, -0.2) is 70.8 Å². The van der Waals surface area contributed by atoms with E-state index in [-0.39, 0.29) is 9.80 Å². The fourth-order valence-corrected chi connectivity index (χ4v) is 3.18. The van der Waals surface area contributed by atoms with Crippen LogP contribution < -0.4 is 0 Å². The lowest BCUT2D eigenvalue weighted by atomic mass is 10.1. The lowest BCUT2D eigenvalue weighted by Gasteiger charge is -2.29. The first-order valence-electron chi connectivity index (χ1n) is 8.32. The lowest BCUT2D eigenvalue weighted by Crippen LogP contribution is -2.52. The van der Waals surface area contributed by atoms with Crippen molar-refractivity contribution < 1.29 is 49.6 Å². The Morgan fingerprint density at radius 1 is 1.07 bits per heavy atom. The number of methoxy groups -OCH3 is 2. The highest BCUT2D eigenvalue weighted by Crippen LogP contribution is 2.22. The number of benzene rings is 1. The standard InChI is InChI=1S/C17H20F3NO8S/c1-11-4-6-12(7-5-11)30(25,26)29-9-8-21(16(24)17(18,19)20)13(15(23)28-3)10-14(22)27-2/h4-7,13H,8-10H2,1-3H3/t13-/m0/s1. The number of esters is 2. The maximum absolute atomic E-state index is 13.0. The Bertz CT molecular complexity index is 868. The van der Waals surface area contributed by atoms with Crippen molar-refractivity contribution in [2.45, 2.75) is 30.5 Å². The minimum Gasteiger partial charge on any atom is -0.469 e. The molecule has 0 spiro atoms. The van der Waals surface area contributed by atoms with E-state index in [2.05, 4.69) is 13.7 Å². The van der Waals surface area contributed by atoms with E-state index in [0.717, 1.165) is 19.8 Å². The van der Waals surface area contributed by atoms with Crippen molar-refractivity contribution in [1.29, 1.82) is 0 Å². The molecule has 1 atom stereocenters. The summed E-state index contributed by atoms with van der Waals surface area (Å²) in [5.74, 6) is -4.88. The molecule has 1 amide bonds. The molecule has 13 heteroatoms. The van der Waals surface area contributed by atoms with Crippen molar-refractivity contribution >= 4 is 28.0 Å². The van der Waals surface area contributed by atoms with Gasteiger partial charge in [-0.25, -0.2) is 4.79 Å². The van der Waals surface area contributed by atoms with Gasteiger partial charge < -0.3 is 14.4 Å². The zero-order chi connectivity index (χ0) is 23.1. The van der Waals surface area contributed by atoms with Crippen molar-refractivity contribution in [3.63, 3.8) is 0 Å². The second-order valence-corrected chi connectivity index (χ2v) is 7.52. The van der Waals surface area contributed by atoms with Gasteiger partial charge in [0.15, 0.2) is 0 Å². The third-order valence-electron chi connectivity index (χ3n) is 3.82. The summed E-state index contributed by atoms with van der Waals surface area (Å²) in [5, 5.41) is 0. The highest BCUT2D eigenvalue weighted by molar-refractivity contribution is 7.86. The average Bonchev–Trinajstić information content (AvgIpc) is 2.68. The highest BCUT2D eigenvalue weighted by atomic mass is 32.2. The zero-order valence-corrected chi connectivity index (χ0v) is 17.1. The fourth-order valence-electron chi connectivity index (χ4n) is 2.28. The largest absolute Gasteiger partial charge is 0.471 e. The summed E-state index contributed by atoms with van der Waals surface area (Å²) in [5.41, 5.74) is 0.764. The number of rotatable bonds is 9. The van der Waals surface area contributed by atoms with Crippen molar-refractivity contribution in [2.75, 3.05) is 27.4 Å². The van der Waals surface area contributed by atoms with Gasteiger partial charge in [0.25, 0.3) is 10.1 Å². The number of carbonyl (C=O) groups is 3. The van der Waals surface area contributed by atoms with Crippen molar-refractivity contribution in [3.05, 3.63) is 29.8 Å². The first kappa shape index (κ1) is 25.4. The van der Waals surface area contributed by atoms with Crippen LogP contribution in [0.5, 0.6) is 0 Å². The summed E-state index contributed by atoms with van der Waals surface area (Å²) in [7, 11) is -2.56. The molecule has 0 aromatic heterocycles. The summed E-state index contributed by atoms with van der Waals surface area (Å²) < 4.78 is 76.7. The molecular weight excluding hydrogens is 435 g/mol. The molecule has 1 aromatic rings. The Labute approximate surface area is 170 Å². The van der Waals surface area contributed by atoms with E-state index in [9.17, 15) is 36.0 Å². The number of ether oxygens (including phenoxy) is 2. The first-order chi connectivity index (χ1) is 13.8. The molecule has 1 rings (SSSR count). The third-order valence-corrected chi connectivity index (χ3v) is 5.15. The monoisotopic (exact) mass is 455 g/mol. The molecule has 0 bridgehead atoms. The summed E-state index contributed by atoms with van der Waals surface area (Å²) in [6.45, 7) is -0.168. The predicted octanol–water partition coefficient (Wildman–Crippen LogP) is 1.20. The van der Waals surface area contributed by atoms with Crippen molar-refractivity contribution in [1.82, 2.24) is 4.90 Å². The predicted molar refractivity (Wildman–Crippen MR) is 94.5 cm³/mol. The molecule has 30 heavy (non-hydrogen) atoms. The Morgan fingerprint density at radius 3 is 2.10 bits per heavy atom. The maximum atomic E-state index is 13.0. The number of carbonyl (C=O) groups excluding carboxylic acids is 3. The van der Waals surface area contributed by atoms with E-state index in [4.69, 9.17) is 0 Å². The van der Waals surface area contributed by atoms with E-state index < -0.39 is 59.8 Å². The number of halogens is 3. The number of alkyl halides is 3. The average molecular weight is 455 g/mol. The Morgan fingerprint density at radius 2 is 1.63 bits per heavy atom. The zero-order valence-electron chi connectivity index (χ0n) is 16.3. The molecule has 1 aromatic carbocycles. The smallest absolute Gasteiger partial charge is 0.469 e. The molecule has 0 aliphatic rings. The van der Waals surface area contributed by atoms with Gasteiger partial charge in [0.2, 0.25) is 0 Å². The van der Waals surface area contributed by atoms with Gasteiger partial charge >= 0.3 is 24.0 Å². The van der Waals surface area contributed by atoms with Gasteiger partial charge in [0, 0.05) is 6.54 Å². The van der Waals surface area contributed by atoms with Crippen LogP contribution in [0.15, 0.2) is 29.2 Å². The molecule has 0 radical (unpaired) electrons.